The Morgan fingerprint density at radius 1 is 0.867 bits per heavy atom. The molecule has 1 amide bonds. The summed E-state index contributed by atoms with van der Waals surface area (Å²) in [4.78, 5) is 24.8. The second-order valence-electron chi connectivity index (χ2n) is 6.62. The Bertz CT molecular complexity index is 1130. The molecule has 0 radical (unpaired) electrons. The largest absolute Gasteiger partial charge is 0.493 e. The summed E-state index contributed by atoms with van der Waals surface area (Å²) >= 11 is 0. The predicted octanol–water partition coefficient (Wildman–Crippen LogP) is 4.69. The van der Waals surface area contributed by atoms with Gasteiger partial charge in [-0.25, -0.2) is 4.79 Å². The van der Waals surface area contributed by atoms with E-state index in [0.717, 1.165) is 21.9 Å². The van der Waals surface area contributed by atoms with Crippen molar-refractivity contribution in [3.8, 4) is 11.5 Å². The number of carbonyl (C=O) groups excluding carboxylic acids is 2. The molecule has 0 atom stereocenters. The topological polar surface area (TPSA) is 73.9 Å². The number of hydrogen-bond acceptors (Lipinski definition) is 5. The summed E-state index contributed by atoms with van der Waals surface area (Å²) in [5.74, 6) is -0.228. The van der Waals surface area contributed by atoms with Crippen LogP contribution in [0.2, 0.25) is 0 Å². The summed E-state index contributed by atoms with van der Waals surface area (Å²) in [6, 6.07) is 17.0. The van der Waals surface area contributed by atoms with Gasteiger partial charge in [-0.3, -0.25) is 4.79 Å². The highest BCUT2D eigenvalue weighted by Crippen LogP contribution is 2.34. The van der Waals surface area contributed by atoms with E-state index >= 15 is 0 Å². The number of methoxy groups -OCH3 is 3. The van der Waals surface area contributed by atoms with Crippen molar-refractivity contribution in [3.05, 3.63) is 71.8 Å². The Labute approximate surface area is 175 Å². The normalized spacial score (nSPS) is 11.1. The molecule has 3 aromatic rings. The van der Waals surface area contributed by atoms with Crippen molar-refractivity contribution in [1.82, 2.24) is 0 Å². The van der Waals surface area contributed by atoms with E-state index in [0.29, 0.717) is 11.5 Å². The molecule has 6 nitrogen and oxygen atoms in total. The summed E-state index contributed by atoms with van der Waals surface area (Å²) in [6.45, 7) is 1.86. The second kappa shape index (κ2) is 9.13. The zero-order chi connectivity index (χ0) is 21.7. The minimum absolute atomic E-state index is 0.167. The zero-order valence-electron chi connectivity index (χ0n) is 17.3. The van der Waals surface area contributed by atoms with Crippen LogP contribution < -0.4 is 14.8 Å². The zero-order valence-corrected chi connectivity index (χ0v) is 17.3. The highest BCUT2D eigenvalue weighted by molar-refractivity contribution is 6.08. The third-order valence-electron chi connectivity index (χ3n) is 4.74. The summed E-state index contributed by atoms with van der Waals surface area (Å²) in [6.07, 6.45) is 1.49. The van der Waals surface area contributed by atoms with E-state index in [2.05, 4.69) is 5.32 Å². The molecule has 30 heavy (non-hydrogen) atoms. The molecule has 154 valence electrons. The molecule has 1 N–H and O–H groups in total. The Kier molecular flexibility index (Phi) is 6.37. The fraction of sp³-hybridized carbons (Fsp3) is 0.167. The van der Waals surface area contributed by atoms with Crippen LogP contribution in [0.4, 0.5) is 5.69 Å². The van der Waals surface area contributed by atoms with Crippen molar-refractivity contribution in [2.75, 3.05) is 26.6 Å². The number of nitrogens with one attached hydrogen (secondary N) is 1. The van der Waals surface area contributed by atoms with E-state index in [1.54, 1.807) is 0 Å². The van der Waals surface area contributed by atoms with Crippen molar-refractivity contribution in [2.24, 2.45) is 0 Å². The molecule has 0 unspecified atom stereocenters. The number of esters is 1. The number of anilines is 1. The van der Waals surface area contributed by atoms with Gasteiger partial charge in [0.2, 0.25) is 5.91 Å². The van der Waals surface area contributed by atoms with E-state index in [-0.39, 0.29) is 17.2 Å². The number of ether oxygens (including phenoxy) is 3. The molecule has 0 aliphatic carbocycles. The highest BCUT2D eigenvalue weighted by Gasteiger charge is 2.18. The minimum atomic E-state index is -0.596. The average molecular weight is 405 g/mol. The molecule has 6 heteroatoms. The number of fused-ring (bicyclic) bond motifs is 1. The number of amides is 1. The van der Waals surface area contributed by atoms with Crippen LogP contribution in [0.1, 0.15) is 22.8 Å². The van der Waals surface area contributed by atoms with Crippen LogP contribution in [0.3, 0.4) is 0 Å². The van der Waals surface area contributed by atoms with Crippen molar-refractivity contribution >= 4 is 33.9 Å². The lowest BCUT2D eigenvalue weighted by Gasteiger charge is -2.14. The van der Waals surface area contributed by atoms with E-state index in [1.165, 1.54) is 39.5 Å². The fourth-order valence-corrected chi connectivity index (χ4v) is 3.14. The van der Waals surface area contributed by atoms with Crippen molar-refractivity contribution < 1.29 is 23.8 Å². The maximum atomic E-state index is 12.7. The number of rotatable bonds is 6. The van der Waals surface area contributed by atoms with E-state index in [9.17, 15) is 9.59 Å². The summed E-state index contributed by atoms with van der Waals surface area (Å²) in [7, 11) is 4.21. The smallest absolute Gasteiger partial charge is 0.340 e. The molecule has 0 heterocycles. The number of benzene rings is 3. The van der Waals surface area contributed by atoms with Crippen LogP contribution in [0.15, 0.2) is 60.7 Å². The second-order valence-corrected chi connectivity index (χ2v) is 6.62. The van der Waals surface area contributed by atoms with Gasteiger partial charge in [0.05, 0.1) is 32.6 Å². The van der Waals surface area contributed by atoms with Gasteiger partial charge in [-0.05, 0) is 34.9 Å². The van der Waals surface area contributed by atoms with Gasteiger partial charge in [0.1, 0.15) is 0 Å². The molecule has 0 saturated carbocycles. The lowest BCUT2D eigenvalue weighted by Crippen LogP contribution is -2.14. The molecular formula is C24H23NO5. The van der Waals surface area contributed by atoms with Gasteiger partial charge < -0.3 is 19.5 Å². The first kappa shape index (κ1) is 20.9. The Morgan fingerprint density at radius 2 is 1.53 bits per heavy atom. The van der Waals surface area contributed by atoms with Crippen molar-refractivity contribution in [3.63, 3.8) is 0 Å². The molecule has 3 aromatic carbocycles. The lowest BCUT2D eigenvalue weighted by molar-refractivity contribution is -0.111. The summed E-state index contributed by atoms with van der Waals surface area (Å²) in [5.41, 5.74) is 2.16. The number of hydrogen-bond donors (Lipinski definition) is 1. The first-order valence-electron chi connectivity index (χ1n) is 9.29. The SMILES string of the molecule is COC(=O)c1cc(OC)c(OC)cc1NC(=O)/C=C(/C)c1ccc2ccccc2c1. The third kappa shape index (κ3) is 4.43. The number of carbonyl (C=O) groups is 2. The lowest BCUT2D eigenvalue weighted by atomic mass is 10.0. The van der Waals surface area contributed by atoms with Gasteiger partial charge in [0, 0.05) is 18.2 Å². The molecule has 0 bridgehead atoms. The number of allylic oxidation sites excluding steroid dienone is 1. The van der Waals surface area contributed by atoms with Crippen LogP contribution in [0.25, 0.3) is 16.3 Å². The van der Waals surface area contributed by atoms with Crippen LogP contribution in [-0.2, 0) is 9.53 Å². The first-order valence-corrected chi connectivity index (χ1v) is 9.29. The van der Waals surface area contributed by atoms with Crippen molar-refractivity contribution in [2.45, 2.75) is 6.92 Å². The van der Waals surface area contributed by atoms with E-state index in [1.807, 2.05) is 49.4 Å². The van der Waals surface area contributed by atoms with Gasteiger partial charge in [-0.2, -0.15) is 0 Å². The first-order chi connectivity index (χ1) is 14.5. The average Bonchev–Trinajstić information content (AvgIpc) is 2.77. The Hall–Kier alpha value is -3.80. The Balaban J connectivity index is 1.91. The van der Waals surface area contributed by atoms with Gasteiger partial charge in [0.25, 0.3) is 0 Å². The predicted molar refractivity (Wildman–Crippen MR) is 117 cm³/mol. The maximum absolute atomic E-state index is 12.7. The molecule has 0 aliphatic heterocycles. The molecule has 0 spiro atoms. The minimum Gasteiger partial charge on any atom is -0.493 e. The standard InChI is InChI=1S/C24H23NO5/c1-15(17-10-9-16-7-5-6-8-18(16)12-17)11-23(26)25-20-14-22(29-3)21(28-2)13-19(20)24(27)30-4/h5-14H,1-4H3,(H,25,26)/b15-11-. The van der Waals surface area contributed by atoms with Crippen LogP contribution >= 0.6 is 0 Å². The van der Waals surface area contributed by atoms with Gasteiger partial charge in [-0.15, -0.1) is 0 Å². The Morgan fingerprint density at radius 3 is 2.20 bits per heavy atom. The van der Waals surface area contributed by atoms with E-state index in [4.69, 9.17) is 14.2 Å². The fourth-order valence-electron chi connectivity index (χ4n) is 3.14. The van der Waals surface area contributed by atoms with Crippen LogP contribution in [0, 0.1) is 0 Å². The van der Waals surface area contributed by atoms with Crippen LogP contribution in [0.5, 0.6) is 11.5 Å². The van der Waals surface area contributed by atoms with Gasteiger partial charge in [0.15, 0.2) is 11.5 Å². The molecule has 0 fully saturated rings. The monoisotopic (exact) mass is 405 g/mol. The summed E-state index contributed by atoms with van der Waals surface area (Å²) < 4.78 is 15.3. The molecule has 0 saturated heterocycles. The highest BCUT2D eigenvalue weighted by atomic mass is 16.5. The third-order valence-corrected chi connectivity index (χ3v) is 4.74. The van der Waals surface area contributed by atoms with Crippen molar-refractivity contribution in [1.29, 1.82) is 0 Å². The van der Waals surface area contributed by atoms with Gasteiger partial charge >= 0.3 is 5.97 Å². The van der Waals surface area contributed by atoms with Crippen LogP contribution in [-0.4, -0.2) is 33.2 Å². The molecule has 3 rings (SSSR count). The van der Waals surface area contributed by atoms with Gasteiger partial charge in [-0.1, -0.05) is 36.4 Å². The maximum Gasteiger partial charge on any atom is 0.340 e. The van der Waals surface area contributed by atoms with E-state index < -0.39 is 5.97 Å². The quantitative estimate of drug-likeness (QED) is 0.476. The molecule has 0 aliphatic rings. The molecule has 0 aromatic heterocycles. The molecular weight excluding hydrogens is 382 g/mol. The summed E-state index contributed by atoms with van der Waals surface area (Å²) in [5, 5.41) is 4.96.